The molecule has 3 heterocycles. The van der Waals surface area contributed by atoms with E-state index in [0.29, 0.717) is 11.4 Å². The number of alkyl halides is 3. The first-order valence-corrected chi connectivity index (χ1v) is 15.7. The molecule has 0 bridgehead atoms. The zero-order valence-electron chi connectivity index (χ0n) is 24.9. The topological polar surface area (TPSA) is 129 Å². The highest BCUT2D eigenvalue weighted by Crippen LogP contribution is 2.40. The molecule has 1 fully saturated rings. The highest BCUT2D eigenvalue weighted by Gasteiger charge is 2.50. The first-order chi connectivity index (χ1) is 21.3. The van der Waals surface area contributed by atoms with Crippen molar-refractivity contribution in [2.24, 2.45) is 0 Å². The summed E-state index contributed by atoms with van der Waals surface area (Å²) in [6.45, 7) is 5.73. The van der Waals surface area contributed by atoms with Crippen molar-refractivity contribution in [3.05, 3.63) is 53.4 Å². The molecule has 12 nitrogen and oxygen atoms in total. The fourth-order valence-corrected chi connectivity index (χ4v) is 5.86. The molecule has 0 amide bonds. The lowest BCUT2D eigenvalue weighted by atomic mass is 10.1. The van der Waals surface area contributed by atoms with Crippen molar-refractivity contribution >= 4 is 67.2 Å². The van der Waals surface area contributed by atoms with E-state index >= 15 is 0 Å². The fourth-order valence-electron chi connectivity index (χ4n) is 4.99. The number of nitrogens with one attached hydrogen (secondary N) is 2. The van der Waals surface area contributed by atoms with Gasteiger partial charge in [0.2, 0.25) is 5.95 Å². The predicted molar refractivity (Wildman–Crippen MR) is 169 cm³/mol. The Bertz CT molecular complexity index is 1820. The number of hydrogen-bond donors (Lipinski definition) is 2. The summed E-state index contributed by atoms with van der Waals surface area (Å²) in [6, 6.07) is 6.79. The van der Waals surface area contributed by atoms with Crippen LogP contribution in [-0.2, 0) is 16.4 Å². The molecule has 0 radical (unpaired) electrons. The molecule has 1 aliphatic rings. The van der Waals surface area contributed by atoms with Gasteiger partial charge in [-0.15, -0.1) is 0 Å². The molecule has 2 aromatic heterocycles. The highest BCUT2D eigenvalue weighted by atomic mass is 35.5. The molecule has 0 saturated carbocycles. The number of aryl methyl sites for hydroxylation is 1. The molecule has 5 rings (SSSR count). The van der Waals surface area contributed by atoms with E-state index in [1.165, 1.54) is 30.7 Å². The van der Waals surface area contributed by atoms with Crippen molar-refractivity contribution in [2.75, 3.05) is 67.2 Å². The summed E-state index contributed by atoms with van der Waals surface area (Å²) in [7, 11) is -1.35. The summed E-state index contributed by atoms with van der Waals surface area (Å²) in [4.78, 5) is 21.5. The van der Waals surface area contributed by atoms with E-state index in [9.17, 15) is 21.6 Å². The van der Waals surface area contributed by atoms with Crippen molar-refractivity contribution in [1.29, 1.82) is 0 Å². The van der Waals surface area contributed by atoms with Crippen LogP contribution in [-0.4, -0.2) is 86.1 Å². The average molecular weight is 666 g/mol. The maximum Gasteiger partial charge on any atom is 0.516 e. The molecule has 0 atom stereocenters. The molecule has 17 heteroatoms. The largest absolute Gasteiger partial charge is 0.516 e. The van der Waals surface area contributed by atoms with Crippen molar-refractivity contribution < 1.29 is 26.3 Å². The van der Waals surface area contributed by atoms with Gasteiger partial charge >= 0.3 is 15.5 Å². The third-order valence-electron chi connectivity index (χ3n) is 7.45. The molecule has 1 saturated heterocycles. The zero-order chi connectivity index (χ0) is 32.5. The van der Waals surface area contributed by atoms with Gasteiger partial charge in [0.15, 0.2) is 5.82 Å². The SMILES string of the molecule is CCc1cc(Nc2ncc(Cl)c(Nc3ccc4nccnc4c3N(C)S(=O)(=O)C(F)(F)F)n2)c(OC)cc1N1CCN(C)CC1. The summed E-state index contributed by atoms with van der Waals surface area (Å²) in [5, 5.41) is 6.04. The Kier molecular flexibility index (Phi) is 9.09. The van der Waals surface area contributed by atoms with E-state index < -0.39 is 21.2 Å². The summed E-state index contributed by atoms with van der Waals surface area (Å²) >= 11 is 6.40. The van der Waals surface area contributed by atoms with Crippen LogP contribution in [0.25, 0.3) is 11.0 Å². The predicted octanol–water partition coefficient (Wildman–Crippen LogP) is 5.17. The van der Waals surface area contributed by atoms with Gasteiger partial charge in [0.1, 0.15) is 22.0 Å². The molecule has 1 aliphatic heterocycles. The van der Waals surface area contributed by atoms with Gasteiger partial charge in [-0.1, -0.05) is 18.5 Å². The number of piperazine rings is 1. The fraction of sp³-hybridized carbons (Fsp3) is 0.357. The molecular formula is C28H31ClF3N9O3S. The van der Waals surface area contributed by atoms with Gasteiger partial charge in [0, 0.05) is 57.4 Å². The number of benzene rings is 2. The van der Waals surface area contributed by atoms with E-state index in [2.05, 4.69) is 54.3 Å². The summed E-state index contributed by atoms with van der Waals surface area (Å²) < 4.78 is 71.3. The second kappa shape index (κ2) is 12.7. The molecular weight excluding hydrogens is 635 g/mol. The van der Waals surface area contributed by atoms with E-state index in [1.807, 2.05) is 12.1 Å². The molecule has 4 aromatic rings. The number of anilines is 6. The van der Waals surface area contributed by atoms with Gasteiger partial charge in [-0.3, -0.25) is 14.3 Å². The lowest BCUT2D eigenvalue weighted by molar-refractivity contribution is -0.0436. The molecule has 0 aliphatic carbocycles. The first kappa shape index (κ1) is 32.2. The standard InChI is InChI=1S/C28H31ClF3N9O3S/c1-5-17-14-21(23(44-4)15-22(17)41-12-10-39(2)11-13-41)37-27-35-16-18(29)26(38-27)36-20-7-6-19-24(34-9-8-33-19)25(20)40(3)45(42,43)28(30,31)32/h6-9,14-16H,5,10-13H2,1-4H3,(H2,35,36,37,38). The lowest BCUT2D eigenvalue weighted by Gasteiger charge is -2.35. The van der Waals surface area contributed by atoms with Gasteiger partial charge in [-0.05, 0) is 37.2 Å². The van der Waals surface area contributed by atoms with Crippen LogP contribution in [0.2, 0.25) is 5.02 Å². The Morgan fingerprint density at radius 1 is 1.04 bits per heavy atom. The summed E-state index contributed by atoms with van der Waals surface area (Å²) in [6.07, 6.45) is 4.65. The monoisotopic (exact) mass is 665 g/mol. The number of nitrogens with zero attached hydrogens (tertiary/aromatic N) is 7. The van der Waals surface area contributed by atoms with Crippen molar-refractivity contribution in [2.45, 2.75) is 18.9 Å². The molecule has 0 unspecified atom stereocenters. The van der Waals surface area contributed by atoms with E-state index in [0.717, 1.165) is 50.9 Å². The third-order valence-corrected chi connectivity index (χ3v) is 9.22. The van der Waals surface area contributed by atoms with Crippen molar-refractivity contribution in [3.63, 3.8) is 0 Å². The number of sulfonamides is 1. The maximum atomic E-state index is 13.6. The van der Waals surface area contributed by atoms with Crippen LogP contribution in [0, 0.1) is 0 Å². The van der Waals surface area contributed by atoms with Gasteiger partial charge in [0.25, 0.3) is 0 Å². The molecule has 240 valence electrons. The van der Waals surface area contributed by atoms with E-state index in [-0.39, 0.29) is 37.8 Å². The number of hydrogen-bond acceptors (Lipinski definition) is 11. The minimum absolute atomic E-state index is 0.000187. The smallest absolute Gasteiger partial charge is 0.494 e. The van der Waals surface area contributed by atoms with Crippen LogP contribution in [0.1, 0.15) is 12.5 Å². The summed E-state index contributed by atoms with van der Waals surface area (Å²) in [5.41, 5.74) is -3.16. The maximum absolute atomic E-state index is 13.6. The van der Waals surface area contributed by atoms with Crippen LogP contribution in [0.3, 0.4) is 0 Å². The van der Waals surface area contributed by atoms with Crippen LogP contribution >= 0.6 is 11.6 Å². The number of rotatable bonds is 9. The van der Waals surface area contributed by atoms with Crippen LogP contribution in [0.5, 0.6) is 5.75 Å². The molecule has 0 spiro atoms. The quantitative estimate of drug-likeness (QED) is 0.246. The van der Waals surface area contributed by atoms with Crippen molar-refractivity contribution in [1.82, 2.24) is 24.8 Å². The number of likely N-dealkylation sites (N-methyl/N-ethyl adjacent to an activating group) is 1. The zero-order valence-corrected chi connectivity index (χ0v) is 26.4. The van der Waals surface area contributed by atoms with Crippen LogP contribution in [0.15, 0.2) is 42.9 Å². The van der Waals surface area contributed by atoms with E-state index in [1.54, 1.807) is 7.11 Å². The minimum Gasteiger partial charge on any atom is -0.494 e. The number of halogens is 4. The second-order valence-corrected chi connectivity index (χ2v) is 12.6. The van der Waals surface area contributed by atoms with Gasteiger partial charge in [0.05, 0.1) is 30.2 Å². The molecule has 2 aromatic carbocycles. The van der Waals surface area contributed by atoms with Gasteiger partial charge in [-0.2, -0.15) is 26.6 Å². The Hall–Kier alpha value is -4.15. The van der Waals surface area contributed by atoms with Gasteiger partial charge < -0.3 is 25.2 Å². The molecule has 45 heavy (non-hydrogen) atoms. The average Bonchev–Trinajstić information content (AvgIpc) is 3.01. The number of ether oxygens (including phenoxy) is 1. The highest BCUT2D eigenvalue weighted by molar-refractivity contribution is 7.93. The number of aromatic nitrogens is 4. The molecule has 2 N–H and O–H groups in total. The Labute approximate surface area is 263 Å². The second-order valence-electron chi connectivity index (χ2n) is 10.3. The van der Waals surface area contributed by atoms with Gasteiger partial charge in [-0.25, -0.2) is 4.98 Å². The lowest BCUT2D eigenvalue weighted by Crippen LogP contribution is -2.44. The van der Waals surface area contributed by atoms with E-state index in [4.69, 9.17) is 16.3 Å². The Balaban J connectivity index is 1.51. The first-order valence-electron chi connectivity index (χ1n) is 13.8. The summed E-state index contributed by atoms with van der Waals surface area (Å²) in [5.74, 6) is 0.664. The minimum atomic E-state index is -5.80. The Morgan fingerprint density at radius 3 is 2.42 bits per heavy atom. The number of fused-ring (bicyclic) bond motifs is 1. The third kappa shape index (κ3) is 6.48. The number of methoxy groups -OCH3 is 1. The Morgan fingerprint density at radius 2 is 1.76 bits per heavy atom. The van der Waals surface area contributed by atoms with Crippen LogP contribution < -0.4 is 24.6 Å². The van der Waals surface area contributed by atoms with Crippen molar-refractivity contribution in [3.8, 4) is 5.75 Å². The van der Waals surface area contributed by atoms with Crippen LogP contribution in [0.4, 0.5) is 47.7 Å². The normalized spacial score (nSPS) is 14.4.